The number of rotatable bonds is 7. The van der Waals surface area contributed by atoms with Gasteiger partial charge in [0.2, 0.25) is 0 Å². The molecular formula is C61H40N2O. The highest BCUT2D eigenvalue weighted by Crippen LogP contribution is 2.61. The Hall–Kier alpha value is -8.40. The maximum absolute atomic E-state index is 7.25. The first-order chi connectivity index (χ1) is 31.8. The maximum Gasteiger partial charge on any atom is 0.145 e. The number of hydrogen-bond acceptors (Lipinski definition) is 2. The van der Waals surface area contributed by atoms with Crippen LogP contribution in [0.3, 0.4) is 0 Å². The number of hydrogen-bond donors (Lipinski definition) is 0. The van der Waals surface area contributed by atoms with Crippen molar-refractivity contribution in [1.29, 1.82) is 0 Å². The molecule has 3 heteroatoms. The van der Waals surface area contributed by atoms with Crippen molar-refractivity contribution in [2.24, 2.45) is 0 Å². The Morgan fingerprint density at radius 2 is 0.984 bits per heavy atom. The quantitative estimate of drug-likeness (QED) is 0.160. The van der Waals surface area contributed by atoms with Gasteiger partial charge >= 0.3 is 0 Å². The Morgan fingerprint density at radius 3 is 1.72 bits per heavy atom. The molecule has 0 saturated heterocycles. The van der Waals surface area contributed by atoms with Gasteiger partial charge in [-0.1, -0.05) is 188 Å². The lowest BCUT2D eigenvalue weighted by molar-refractivity contribution is 0.669. The Labute approximate surface area is 371 Å². The van der Waals surface area contributed by atoms with Gasteiger partial charge in [0.25, 0.3) is 0 Å². The van der Waals surface area contributed by atoms with Crippen LogP contribution in [-0.4, -0.2) is 4.57 Å². The van der Waals surface area contributed by atoms with Crippen molar-refractivity contribution in [1.82, 2.24) is 4.57 Å². The molecule has 2 heterocycles. The predicted molar refractivity (Wildman–Crippen MR) is 265 cm³/mol. The summed E-state index contributed by atoms with van der Waals surface area (Å²) in [6.45, 7) is 0. The van der Waals surface area contributed by atoms with Crippen LogP contribution in [0.2, 0.25) is 0 Å². The first-order valence-electron chi connectivity index (χ1n) is 22.0. The van der Waals surface area contributed by atoms with Gasteiger partial charge in [0.15, 0.2) is 0 Å². The fourth-order valence-corrected chi connectivity index (χ4v) is 10.8. The number of aromatic nitrogens is 1. The second-order valence-corrected chi connectivity index (χ2v) is 16.8. The van der Waals surface area contributed by atoms with E-state index < -0.39 is 5.41 Å². The SMILES string of the molecule is c1ccc(-c2ccc(N(c3cc4c(c5oc6ccccc6c35)-c3ccccc3C4(c3ccccc3)c3ccccc3)c3cccc4c3c3ccccc3n4-c3ccccc3)cc2)cc1. The summed E-state index contributed by atoms with van der Waals surface area (Å²) in [5.41, 5.74) is 17.2. The van der Waals surface area contributed by atoms with Gasteiger partial charge in [0.1, 0.15) is 11.2 Å². The minimum atomic E-state index is -0.644. The standard InChI is InChI=1S/C61H40N2O/c1-5-20-41(21-6-1)42-36-38-46(39-37-42)63(54-34-19-33-53-58(54)48-29-14-17-32-52(48)62(53)45-26-11-4-12-27-45)55-40-51-57(60-59(55)49-30-15-18-35-56(49)64-60)47-28-13-16-31-50(47)61(51,43-22-7-2-8-23-43)44-24-9-3-10-25-44/h1-40H. The van der Waals surface area contributed by atoms with E-state index in [0.717, 1.165) is 61.3 Å². The van der Waals surface area contributed by atoms with Gasteiger partial charge in [-0.25, -0.2) is 0 Å². The molecule has 0 N–H and O–H groups in total. The van der Waals surface area contributed by atoms with Crippen LogP contribution in [-0.2, 0) is 5.41 Å². The number of para-hydroxylation sites is 3. The second-order valence-electron chi connectivity index (χ2n) is 16.8. The molecule has 0 atom stereocenters. The van der Waals surface area contributed by atoms with E-state index in [1.165, 1.54) is 49.7 Å². The molecule has 1 aliphatic carbocycles. The summed E-state index contributed by atoms with van der Waals surface area (Å²) < 4.78 is 9.65. The van der Waals surface area contributed by atoms with Crippen LogP contribution in [0.25, 0.3) is 71.7 Å². The highest BCUT2D eigenvalue weighted by atomic mass is 16.3. The van der Waals surface area contributed by atoms with E-state index in [9.17, 15) is 0 Å². The third-order valence-corrected chi connectivity index (χ3v) is 13.5. The van der Waals surface area contributed by atoms with Crippen LogP contribution in [0, 0.1) is 0 Å². The van der Waals surface area contributed by atoms with Gasteiger partial charge in [0, 0.05) is 33.1 Å². The average Bonchev–Trinajstić information content (AvgIpc) is 4.02. The van der Waals surface area contributed by atoms with Crippen molar-refractivity contribution < 1.29 is 4.42 Å². The number of nitrogens with zero attached hydrogens (tertiary/aromatic N) is 2. The molecular weight excluding hydrogens is 777 g/mol. The summed E-state index contributed by atoms with van der Waals surface area (Å²) in [4.78, 5) is 2.51. The minimum absolute atomic E-state index is 0.644. The molecule has 0 aliphatic heterocycles. The van der Waals surface area contributed by atoms with Crippen molar-refractivity contribution in [3.8, 4) is 27.9 Å². The van der Waals surface area contributed by atoms with Gasteiger partial charge < -0.3 is 13.9 Å². The number of fused-ring (bicyclic) bond motifs is 10. The van der Waals surface area contributed by atoms with E-state index in [1.54, 1.807) is 0 Å². The molecule has 0 spiro atoms. The maximum atomic E-state index is 7.25. The molecule has 13 rings (SSSR count). The molecule has 2 aromatic heterocycles. The minimum Gasteiger partial charge on any atom is -0.455 e. The zero-order valence-electron chi connectivity index (χ0n) is 34.9. The van der Waals surface area contributed by atoms with Crippen molar-refractivity contribution >= 4 is 60.8 Å². The molecule has 0 unspecified atom stereocenters. The fraction of sp³-hybridized carbons (Fsp3) is 0.0164. The lowest BCUT2D eigenvalue weighted by atomic mass is 9.67. The largest absolute Gasteiger partial charge is 0.455 e. The summed E-state index contributed by atoms with van der Waals surface area (Å²) in [7, 11) is 0. The van der Waals surface area contributed by atoms with Crippen molar-refractivity contribution in [3.05, 3.63) is 265 Å². The van der Waals surface area contributed by atoms with E-state index in [2.05, 4.69) is 252 Å². The predicted octanol–water partition coefficient (Wildman–Crippen LogP) is 16.2. The van der Waals surface area contributed by atoms with Gasteiger partial charge in [-0.15, -0.1) is 0 Å². The van der Waals surface area contributed by atoms with Crippen LogP contribution >= 0.6 is 0 Å². The van der Waals surface area contributed by atoms with Gasteiger partial charge in [-0.2, -0.15) is 0 Å². The zero-order valence-corrected chi connectivity index (χ0v) is 34.9. The molecule has 1 aliphatic rings. The van der Waals surface area contributed by atoms with E-state index in [0.29, 0.717) is 0 Å². The molecule has 300 valence electrons. The molecule has 0 radical (unpaired) electrons. The summed E-state index contributed by atoms with van der Waals surface area (Å²) in [5.74, 6) is 0. The average molecular weight is 817 g/mol. The number of benzene rings is 10. The monoisotopic (exact) mass is 816 g/mol. The molecule has 0 fully saturated rings. The molecule has 64 heavy (non-hydrogen) atoms. The number of furan rings is 1. The Kier molecular flexibility index (Phi) is 8.13. The molecule has 12 aromatic rings. The van der Waals surface area contributed by atoms with E-state index in [4.69, 9.17) is 4.42 Å². The highest BCUT2D eigenvalue weighted by molar-refractivity contribution is 6.22. The highest BCUT2D eigenvalue weighted by Gasteiger charge is 2.48. The summed E-state index contributed by atoms with van der Waals surface area (Å²) >= 11 is 0. The van der Waals surface area contributed by atoms with Crippen LogP contribution in [0.5, 0.6) is 0 Å². The summed E-state index contributed by atoms with van der Waals surface area (Å²) in [6, 6.07) is 88.2. The van der Waals surface area contributed by atoms with E-state index in [-0.39, 0.29) is 0 Å². The Morgan fingerprint density at radius 1 is 0.406 bits per heavy atom. The van der Waals surface area contributed by atoms with Crippen molar-refractivity contribution in [2.75, 3.05) is 4.90 Å². The molecule has 0 bridgehead atoms. The third kappa shape index (κ3) is 5.22. The normalized spacial score (nSPS) is 12.8. The first kappa shape index (κ1) is 36.3. The molecule has 0 saturated carbocycles. The van der Waals surface area contributed by atoms with E-state index >= 15 is 0 Å². The summed E-state index contributed by atoms with van der Waals surface area (Å²) in [6.07, 6.45) is 0. The topological polar surface area (TPSA) is 21.3 Å². The lowest BCUT2D eigenvalue weighted by Crippen LogP contribution is -2.28. The van der Waals surface area contributed by atoms with Gasteiger partial charge in [-0.3, -0.25) is 0 Å². The van der Waals surface area contributed by atoms with Crippen molar-refractivity contribution in [2.45, 2.75) is 5.41 Å². The third-order valence-electron chi connectivity index (χ3n) is 13.5. The van der Waals surface area contributed by atoms with Crippen LogP contribution in [0.4, 0.5) is 17.1 Å². The molecule has 10 aromatic carbocycles. The van der Waals surface area contributed by atoms with Crippen molar-refractivity contribution in [3.63, 3.8) is 0 Å². The lowest BCUT2D eigenvalue weighted by Gasteiger charge is -2.35. The van der Waals surface area contributed by atoms with Crippen LogP contribution in [0.1, 0.15) is 22.3 Å². The van der Waals surface area contributed by atoms with Gasteiger partial charge in [0.05, 0.1) is 33.2 Å². The fourth-order valence-electron chi connectivity index (χ4n) is 10.8. The van der Waals surface area contributed by atoms with E-state index in [1.807, 2.05) is 0 Å². The first-order valence-corrected chi connectivity index (χ1v) is 22.0. The summed E-state index contributed by atoms with van der Waals surface area (Å²) in [5, 5.41) is 4.52. The Balaban J connectivity index is 1.20. The van der Waals surface area contributed by atoms with Gasteiger partial charge in [-0.05, 0) is 93.5 Å². The Bertz CT molecular complexity index is 3660. The molecule has 0 amide bonds. The smallest absolute Gasteiger partial charge is 0.145 e. The molecule has 3 nitrogen and oxygen atoms in total. The van der Waals surface area contributed by atoms with Crippen LogP contribution < -0.4 is 4.90 Å². The zero-order chi connectivity index (χ0) is 42.2. The van der Waals surface area contributed by atoms with Crippen LogP contribution in [0.15, 0.2) is 247 Å². The second kappa shape index (κ2) is 14.3. The number of anilines is 3.